The Bertz CT molecular complexity index is 1230. The number of hydrogen-bond donors (Lipinski definition) is 1. The van der Waals surface area contributed by atoms with Crippen LogP contribution in [0.2, 0.25) is 0 Å². The molecule has 38 heavy (non-hydrogen) atoms. The summed E-state index contributed by atoms with van der Waals surface area (Å²) in [4.78, 5) is 40.3. The molecule has 2 aromatic heterocycles. The molecule has 0 unspecified atom stereocenters. The summed E-state index contributed by atoms with van der Waals surface area (Å²) < 4.78 is 15.9. The van der Waals surface area contributed by atoms with E-state index in [1.54, 1.807) is 23.3 Å². The van der Waals surface area contributed by atoms with E-state index >= 15 is 0 Å². The van der Waals surface area contributed by atoms with Crippen LogP contribution in [0.15, 0.2) is 47.8 Å². The van der Waals surface area contributed by atoms with Crippen molar-refractivity contribution in [2.45, 2.75) is 12.5 Å². The van der Waals surface area contributed by atoms with E-state index in [0.717, 1.165) is 48.2 Å². The number of methoxy groups -OCH3 is 2. The predicted octanol–water partition coefficient (Wildman–Crippen LogP) is 2.57. The molecule has 1 atom stereocenters. The minimum atomic E-state index is -0.403. The second-order valence-electron chi connectivity index (χ2n) is 8.92. The standard InChI is InChI=1S/C26H30N6O5S/c1-35-24-15-22(28-25(29-24)36-2)31-11-9-30(10-12-31)18-5-7-19(8-6-18)32-17-20(37-26(32)34)16-27-23(33)14-21-4-3-13-38-21/h3-8,13,15,20H,9-12,14,16-17H2,1-2H3,(H,27,33)/t20-/m0/s1. The van der Waals surface area contributed by atoms with Gasteiger partial charge in [-0.25, -0.2) is 4.79 Å². The van der Waals surface area contributed by atoms with Crippen LogP contribution < -0.4 is 29.5 Å². The average Bonchev–Trinajstić information content (AvgIpc) is 3.61. The van der Waals surface area contributed by atoms with E-state index in [9.17, 15) is 9.59 Å². The number of ether oxygens (including phenoxy) is 3. The van der Waals surface area contributed by atoms with E-state index in [1.165, 1.54) is 7.11 Å². The van der Waals surface area contributed by atoms with Crippen LogP contribution in [0.5, 0.6) is 11.9 Å². The van der Waals surface area contributed by atoms with E-state index in [4.69, 9.17) is 14.2 Å². The van der Waals surface area contributed by atoms with E-state index < -0.39 is 6.09 Å². The van der Waals surface area contributed by atoms with Crippen LogP contribution in [0.1, 0.15) is 4.88 Å². The zero-order valence-corrected chi connectivity index (χ0v) is 22.1. The normalized spacial score (nSPS) is 17.4. The van der Waals surface area contributed by atoms with Crippen LogP contribution in [-0.4, -0.2) is 81.6 Å². The van der Waals surface area contributed by atoms with Crippen molar-refractivity contribution in [2.24, 2.45) is 0 Å². The fraction of sp³-hybridized carbons (Fsp3) is 0.385. The SMILES string of the molecule is COc1cc(N2CCN(c3ccc(N4C[C@H](CNC(=O)Cc5cccs5)OC4=O)cc3)CC2)nc(OC)n1. The van der Waals surface area contributed by atoms with E-state index in [-0.39, 0.29) is 18.0 Å². The molecule has 11 nitrogen and oxygen atoms in total. The van der Waals surface area contributed by atoms with Gasteiger partial charge in [0, 0.05) is 48.5 Å². The molecule has 0 spiro atoms. The van der Waals surface area contributed by atoms with Gasteiger partial charge in [-0.3, -0.25) is 9.69 Å². The number of amides is 2. The summed E-state index contributed by atoms with van der Waals surface area (Å²) in [5, 5.41) is 4.81. The summed E-state index contributed by atoms with van der Waals surface area (Å²) >= 11 is 1.55. The van der Waals surface area contributed by atoms with Gasteiger partial charge in [0.15, 0.2) is 0 Å². The maximum Gasteiger partial charge on any atom is 0.414 e. The summed E-state index contributed by atoms with van der Waals surface area (Å²) in [5.74, 6) is 1.16. The molecular formula is C26H30N6O5S. The summed E-state index contributed by atoms with van der Waals surface area (Å²) in [5.41, 5.74) is 1.85. The van der Waals surface area contributed by atoms with Gasteiger partial charge in [0.05, 0.1) is 33.7 Å². The lowest BCUT2D eigenvalue weighted by Crippen LogP contribution is -2.46. The molecule has 2 saturated heterocycles. The Hall–Kier alpha value is -4.06. The molecule has 2 aliphatic heterocycles. The lowest BCUT2D eigenvalue weighted by molar-refractivity contribution is -0.120. The maximum absolute atomic E-state index is 12.5. The third kappa shape index (κ3) is 5.91. The number of piperazine rings is 1. The Morgan fingerprint density at radius 3 is 2.47 bits per heavy atom. The van der Waals surface area contributed by atoms with Crippen molar-refractivity contribution >= 4 is 40.5 Å². The van der Waals surface area contributed by atoms with Crippen molar-refractivity contribution in [3.63, 3.8) is 0 Å². The number of anilines is 3. The maximum atomic E-state index is 12.5. The van der Waals surface area contributed by atoms with Gasteiger partial charge in [0.1, 0.15) is 11.9 Å². The number of carbonyl (C=O) groups is 2. The number of nitrogens with one attached hydrogen (secondary N) is 1. The molecule has 2 amide bonds. The number of aromatic nitrogens is 2. The first-order chi connectivity index (χ1) is 18.5. The lowest BCUT2D eigenvalue weighted by atomic mass is 10.2. The highest BCUT2D eigenvalue weighted by Crippen LogP contribution is 2.27. The molecule has 200 valence electrons. The highest BCUT2D eigenvalue weighted by Gasteiger charge is 2.32. The summed E-state index contributed by atoms with van der Waals surface area (Å²) in [6.45, 7) is 3.87. The van der Waals surface area contributed by atoms with Crippen molar-refractivity contribution in [3.05, 3.63) is 52.7 Å². The average molecular weight is 539 g/mol. The fourth-order valence-electron chi connectivity index (χ4n) is 4.49. The first kappa shape index (κ1) is 25.6. The number of thiophene rings is 1. The first-order valence-corrected chi connectivity index (χ1v) is 13.2. The molecule has 1 aromatic carbocycles. The van der Waals surface area contributed by atoms with Crippen LogP contribution in [0, 0.1) is 0 Å². The van der Waals surface area contributed by atoms with Crippen molar-refractivity contribution < 1.29 is 23.8 Å². The number of nitrogens with zero attached hydrogens (tertiary/aromatic N) is 5. The molecule has 5 rings (SSSR count). The number of rotatable bonds is 9. The Morgan fingerprint density at radius 2 is 1.79 bits per heavy atom. The largest absolute Gasteiger partial charge is 0.481 e. The molecule has 1 N–H and O–H groups in total. The molecule has 0 aliphatic carbocycles. The fourth-order valence-corrected chi connectivity index (χ4v) is 5.19. The molecule has 0 bridgehead atoms. The van der Waals surface area contributed by atoms with Crippen LogP contribution >= 0.6 is 11.3 Å². The van der Waals surface area contributed by atoms with Gasteiger partial charge in [0.25, 0.3) is 0 Å². The quantitative estimate of drug-likeness (QED) is 0.440. The van der Waals surface area contributed by atoms with Gasteiger partial charge in [-0.2, -0.15) is 9.97 Å². The summed E-state index contributed by atoms with van der Waals surface area (Å²) in [6.07, 6.45) is -0.458. The molecule has 2 fully saturated rings. The molecular weight excluding hydrogens is 508 g/mol. The Kier molecular flexibility index (Phi) is 7.78. The zero-order chi connectivity index (χ0) is 26.5. The number of cyclic esters (lactones) is 1. The predicted molar refractivity (Wildman–Crippen MR) is 145 cm³/mol. The number of carbonyl (C=O) groups excluding carboxylic acids is 2. The van der Waals surface area contributed by atoms with Crippen molar-refractivity contribution in [3.8, 4) is 11.9 Å². The van der Waals surface area contributed by atoms with Crippen LogP contribution in [0.4, 0.5) is 22.0 Å². The number of hydrogen-bond acceptors (Lipinski definition) is 10. The Labute approximate surface area is 224 Å². The van der Waals surface area contributed by atoms with Crippen LogP contribution in [0.25, 0.3) is 0 Å². The van der Waals surface area contributed by atoms with Gasteiger partial charge in [-0.1, -0.05) is 6.07 Å². The molecule has 0 saturated carbocycles. The van der Waals surface area contributed by atoms with Gasteiger partial charge in [0.2, 0.25) is 11.8 Å². The van der Waals surface area contributed by atoms with E-state index in [0.29, 0.717) is 25.4 Å². The van der Waals surface area contributed by atoms with Crippen molar-refractivity contribution in [2.75, 3.05) is 68.2 Å². The second-order valence-corrected chi connectivity index (χ2v) is 9.95. The van der Waals surface area contributed by atoms with Gasteiger partial charge >= 0.3 is 12.1 Å². The van der Waals surface area contributed by atoms with Gasteiger partial charge in [-0.05, 0) is 35.7 Å². The van der Waals surface area contributed by atoms with Gasteiger partial charge in [-0.15, -0.1) is 11.3 Å². The monoisotopic (exact) mass is 538 g/mol. The van der Waals surface area contributed by atoms with Crippen LogP contribution in [0.3, 0.4) is 0 Å². The lowest BCUT2D eigenvalue weighted by Gasteiger charge is -2.36. The Balaban J connectivity index is 1.13. The summed E-state index contributed by atoms with van der Waals surface area (Å²) in [6, 6.07) is 13.8. The van der Waals surface area contributed by atoms with E-state index in [2.05, 4.69) is 25.1 Å². The minimum absolute atomic E-state index is 0.0793. The molecule has 2 aliphatic rings. The molecule has 4 heterocycles. The third-order valence-corrected chi connectivity index (χ3v) is 7.38. The van der Waals surface area contributed by atoms with E-state index in [1.807, 2.05) is 47.8 Å². The zero-order valence-electron chi connectivity index (χ0n) is 21.3. The van der Waals surface area contributed by atoms with Gasteiger partial charge < -0.3 is 29.3 Å². The molecule has 12 heteroatoms. The Morgan fingerprint density at radius 1 is 1.05 bits per heavy atom. The smallest absolute Gasteiger partial charge is 0.414 e. The first-order valence-electron chi connectivity index (χ1n) is 12.4. The third-order valence-electron chi connectivity index (χ3n) is 6.51. The second kappa shape index (κ2) is 11.5. The topological polar surface area (TPSA) is 109 Å². The molecule has 3 aromatic rings. The van der Waals surface area contributed by atoms with Crippen molar-refractivity contribution in [1.29, 1.82) is 0 Å². The van der Waals surface area contributed by atoms with Crippen LogP contribution in [-0.2, 0) is 16.0 Å². The summed E-state index contributed by atoms with van der Waals surface area (Å²) in [7, 11) is 3.11. The highest BCUT2D eigenvalue weighted by atomic mass is 32.1. The minimum Gasteiger partial charge on any atom is -0.481 e. The highest BCUT2D eigenvalue weighted by molar-refractivity contribution is 7.10. The number of benzene rings is 1. The van der Waals surface area contributed by atoms with Crippen molar-refractivity contribution in [1.82, 2.24) is 15.3 Å². The molecule has 0 radical (unpaired) electrons.